The minimum Gasteiger partial charge on any atom is -0.487 e. The number of fused-ring (bicyclic) bond motifs is 1. The number of nitrogens with zero attached hydrogens (tertiary/aromatic N) is 4. The van der Waals surface area contributed by atoms with Crippen molar-refractivity contribution < 1.29 is 19.0 Å². The van der Waals surface area contributed by atoms with Crippen LogP contribution >= 0.6 is 0 Å². The zero-order valence-electron chi connectivity index (χ0n) is 16.3. The second-order valence-electron chi connectivity index (χ2n) is 7.95. The van der Waals surface area contributed by atoms with Gasteiger partial charge in [-0.3, -0.25) is 0 Å². The number of benzene rings is 1. The van der Waals surface area contributed by atoms with E-state index < -0.39 is 11.8 Å². The molecule has 2 fully saturated rings. The van der Waals surface area contributed by atoms with Crippen LogP contribution in [0, 0.1) is 5.82 Å². The molecule has 2 aliphatic carbocycles. The average Bonchev–Trinajstić information content (AvgIpc) is 3.40. The molecule has 0 bridgehead atoms. The molecule has 0 radical (unpaired) electrons. The van der Waals surface area contributed by atoms with Gasteiger partial charge in [0.2, 0.25) is 0 Å². The number of hydrogen-bond acceptors (Lipinski definition) is 6. The third-order valence-electron chi connectivity index (χ3n) is 5.54. The molecule has 1 aromatic carbocycles. The monoisotopic (exact) mass is 411 g/mol. The summed E-state index contributed by atoms with van der Waals surface area (Å²) in [6.45, 7) is 0. The van der Waals surface area contributed by atoms with Gasteiger partial charge in [-0.15, -0.1) is 0 Å². The number of carboxylic acids is 1. The summed E-state index contributed by atoms with van der Waals surface area (Å²) in [4.78, 5) is 20.1. The number of nitrogens with one attached hydrogen (secondary N) is 1. The van der Waals surface area contributed by atoms with Gasteiger partial charge in [-0.25, -0.2) is 18.9 Å². The lowest BCUT2D eigenvalue weighted by atomic mass is 9.98. The highest BCUT2D eigenvalue weighted by molar-refractivity contribution is 5.91. The maximum absolute atomic E-state index is 14.8. The Hall–Kier alpha value is -3.23. The molecular weight excluding hydrogens is 389 g/mol. The second kappa shape index (κ2) is 7.55. The van der Waals surface area contributed by atoms with Crippen LogP contribution in [0.2, 0.25) is 0 Å². The van der Waals surface area contributed by atoms with Crippen molar-refractivity contribution >= 4 is 22.7 Å². The zero-order valence-corrected chi connectivity index (χ0v) is 16.3. The number of hydrogen-bond donors (Lipinski definition) is 2. The molecule has 9 heteroatoms. The first-order chi connectivity index (χ1) is 14.6. The summed E-state index contributed by atoms with van der Waals surface area (Å²) < 4.78 is 22.1. The molecule has 30 heavy (non-hydrogen) atoms. The van der Waals surface area contributed by atoms with Gasteiger partial charge in [-0.05, 0) is 44.6 Å². The Morgan fingerprint density at radius 2 is 1.97 bits per heavy atom. The Balaban J connectivity index is 1.55. The molecule has 0 saturated heterocycles. The average molecular weight is 411 g/mol. The summed E-state index contributed by atoms with van der Waals surface area (Å²) in [6.07, 6.45) is 9.94. The predicted octanol–water partition coefficient (Wildman–Crippen LogP) is 3.94. The van der Waals surface area contributed by atoms with Crippen LogP contribution in [-0.4, -0.2) is 43.0 Å². The van der Waals surface area contributed by atoms with E-state index in [1.54, 1.807) is 6.07 Å². The lowest BCUT2D eigenvalue weighted by Crippen LogP contribution is -2.20. The van der Waals surface area contributed by atoms with Crippen LogP contribution in [-0.2, 0) is 0 Å². The van der Waals surface area contributed by atoms with E-state index in [4.69, 9.17) is 9.84 Å². The molecular formula is C21H22FN5O3. The number of carboxylic acid groups (broad SMARTS) is 1. The van der Waals surface area contributed by atoms with E-state index in [-0.39, 0.29) is 23.4 Å². The van der Waals surface area contributed by atoms with Crippen molar-refractivity contribution in [2.75, 3.05) is 5.32 Å². The summed E-state index contributed by atoms with van der Waals surface area (Å²) in [6, 6.07) is 3.33. The molecule has 2 heterocycles. The van der Waals surface area contributed by atoms with Gasteiger partial charge < -0.3 is 15.2 Å². The Morgan fingerprint density at radius 3 is 2.67 bits per heavy atom. The molecule has 0 spiro atoms. The quantitative estimate of drug-likeness (QED) is 0.633. The first-order valence-electron chi connectivity index (χ1n) is 10.3. The van der Waals surface area contributed by atoms with E-state index >= 15 is 0 Å². The van der Waals surface area contributed by atoms with E-state index in [9.17, 15) is 9.18 Å². The van der Waals surface area contributed by atoms with Crippen molar-refractivity contribution in [3.8, 4) is 11.7 Å². The third kappa shape index (κ3) is 3.79. The highest BCUT2D eigenvalue weighted by atomic mass is 19.1. The highest BCUT2D eigenvalue weighted by Gasteiger charge is 2.25. The van der Waals surface area contributed by atoms with Crippen LogP contribution < -0.4 is 10.1 Å². The minimum atomic E-state index is -1.09. The van der Waals surface area contributed by atoms with Crippen molar-refractivity contribution in [1.29, 1.82) is 0 Å². The molecule has 2 N–H and O–H groups in total. The predicted molar refractivity (Wildman–Crippen MR) is 108 cm³/mol. The topological polar surface area (TPSA) is 102 Å². The lowest BCUT2D eigenvalue weighted by Gasteiger charge is -2.23. The molecule has 3 aromatic rings. The number of aromatic nitrogens is 4. The summed E-state index contributed by atoms with van der Waals surface area (Å²) in [5.74, 6) is -0.593. The number of halogens is 1. The van der Waals surface area contributed by atoms with Gasteiger partial charge in [-0.1, -0.05) is 6.42 Å². The molecule has 0 unspecified atom stereocenters. The summed E-state index contributed by atoms with van der Waals surface area (Å²) in [5, 5.41) is 17.2. The fourth-order valence-corrected chi connectivity index (χ4v) is 3.75. The van der Waals surface area contributed by atoms with Gasteiger partial charge >= 0.3 is 5.97 Å². The number of rotatable bonds is 6. The first-order valence-corrected chi connectivity index (χ1v) is 10.3. The molecule has 0 aliphatic heterocycles. The normalized spacial score (nSPS) is 17.2. The van der Waals surface area contributed by atoms with E-state index in [0.717, 1.165) is 38.5 Å². The number of ether oxygens (including phenoxy) is 1. The molecule has 0 amide bonds. The van der Waals surface area contributed by atoms with Crippen LogP contribution in [0.25, 0.3) is 16.9 Å². The van der Waals surface area contributed by atoms with E-state index in [2.05, 4.69) is 20.4 Å². The SMILES string of the molecule is O=C(O)c1cnn(-c2nc(NC3CC3)c3cc(OC4CCCCC4)c(F)cc3n2)c1. The third-order valence-corrected chi connectivity index (χ3v) is 5.54. The molecule has 0 atom stereocenters. The fourth-order valence-electron chi connectivity index (χ4n) is 3.75. The standard InChI is InChI=1S/C21H22FN5O3/c22-16-9-17-15(8-18(16)30-14-4-2-1-3-5-14)19(24-13-6-7-13)26-21(25-17)27-11-12(10-23-27)20(28)29/h8-11,13-14H,1-7H2,(H,28,29)(H,24,25,26). The van der Waals surface area contributed by atoms with Crippen LogP contribution in [0.4, 0.5) is 10.2 Å². The van der Waals surface area contributed by atoms with Crippen molar-refractivity contribution in [1.82, 2.24) is 19.7 Å². The van der Waals surface area contributed by atoms with Gasteiger partial charge in [-0.2, -0.15) is 10.1 Å². The number of aromatic carboxylic acids is 1. The Kier molecular flexibility index (Phi) is 4.72. The van der Waals surface area contributed by atoms with E-state index in [0.29, 0.717) is 22.8 Å². The zero-order chi connectivity index (χ0) is 20.7. The fraction of sp³-hybridized carbons (Fsp3) is 0.429. The van der Waals surface area contributed by atoms with Crippen LogP contribution in [0.5, 0.6) is 5.75 Å². The Bertz CT molecular complexity index is 1110. The van der Waals surface area contributed by atoms with Crippen molar-refractivity contribution in [3.63, 3.8) is 0 Å². The number of carbonyl (C=O) groups is 1. The van der Waals surface area contributed by atoms with E-state index in [1.807, 2.05) is 0 Å². The lowest BCUT2D eigenvalue weighted by molar-refractivity contribution is 0.0697. The first kappa shape index (κ1) is 18.8. The van der Waals surface area contributed by atoms with Crippen molar-refractivity contribution in [2.24, 2.45) is 0 Å². The molecule has 2 aromatic heterocycles. The summed E-state index contributed by atoms with van der Waals surface area (Å²) >= 11 is 0. The summed E-state index contributed by atoms with van der Waals surface area (Å²) in [5.41, 5.74) is 0.432. The molecule has 5 rings (SSSR count). The Labute approximate surface area is 172 Å². The molecule has 2 saturated carbocycles. The van der Waals surface area contributed by atoms with Crippen LogP contribution in [0.1, 0.15) is 55.3 Å². The largest absolute Gasteiger partial charge is 0.487 e. The maximum Gasteiger partial charge on any atom is 0.338 e. The smallest absolute Gasteiger partial charge is 0.338 e. The molecule has 156 valence electrons. The van der Waals surface area contributed by atoms with Crippen LogP contribution in [0.15, 0.2) is 24.5 Å². The van der Waals surface area contributed by atoms with Crippen molar-refractivity contribution in [3.05, 3.63) is 35.9 Å². The Morgan fingerprint density at radius 1 is 1.17 bits per heavy atom. The van der Waals surface area contributed by atoms with Crippen LogP contribution in [0.3, 0.4) is 0 Å². The summed E-state index contributed by atoms with van der Waals surface area (Å²) in [7, 11) is 0. The van der Waals surface area contributed by atoms with Gasteiger partial charge in [0.1, 0.15) is 5.82 Å². The van der Waals surface area contributed by atoms with E-state index in [1.165, 1.54) is 29.6 Å². The maximum atomic E-state index is 14.8. The van der Waals surface area contributed by atoms with Gasteiger partial charge in [0, 0.05) is 23.7 Å². The number of anilines is 1. The molecule has 8 nitrogen and oxygen atoms in total. The highest BCUT2D eigenvalue weighted by Crippen LogP contribution is 2.33. The van der Waals surface area contributed by atoms with Gasteiger partial charge in [0.15, 0.2) is 11.6 Å². The van der Waals surface area contributed by atoms with Gasteiger partial charge in [0.25, 0.3) is 5.95 Å². The van der Waals surface area contributed by atoms with Crippen molar-refractivity contribution in [2.45, 2.75) is 57.1 Å². The van der Waals surface area contributed by atoms with Gasteiger partial charge in [0.05, 0.1) is 23.4 Å². The minimum absolute atomic E-state index is 0.0257. The molecule has 2 aliphatic rings. The second-order valence-corrected chi connectivity index (χ2v) is 7.95.